The molecule has 28 heavy (non-hydrogen) atoms. The van der Waals surface area contributed by atoms with Gasteiger partial charge < -0.3 is 9.80 Å². The lowest BCUT2D eigenvalue weighted by Crippen LogP contribution is -2.21. The maximum absolute atomic E-state index is 2.49. The average molecular weight is 379 g/mol. The molecule has 3 aliphatic heterocycles. The van der Waals surface area contributed by atoms with Crippen LogP contribution < -0.4 is 0 Å². The van der Waals surface area contributed by atoms with Crippen molar-refractivity contribution in [1.29, 1.82) is 0 Å². The van der Waals surface area contributed by atoms with Crippen LogP contribution >= 0.6 is 0 Å². The molecule has 0 saturated carbocycles. The first kappa shape index (κ1) is 20.8. The highest BCUT2D eigenvalue weighted by atomic mass is 15.1. The summed E-state index contributed by atoms with van der Waals surface area (Å²) >= 11 is 0. The topological polar surface area (TPSA) is 6.48 Å². The molecule has 3 aliphatic rings. The van der Waals surface area contributed by atoms with E-state index in [9.17, 15) is 0 Å². The highest BCUT2D eigenvalue weighted by Crippen LogP contribution is 2.17. The molecule has 0 atom stereocenters. The second kappa shape index (κ2) is 12.5. The van der Waals surface area contributed by atoms with Crippen LogP contribution in [0.4, 0.5) is 0 Å². The van der Waals surface area contributed by atoms with Crippen LogP contribution in [-0.2, 0) is 0 Å². The third-order valence-electron chi connectivity index (χ3n) is 5.71. The molecule has 152 valence electrons. The molecule has 0 fully saturated rings. The minimum atomic E-state index is 1.08. The molecule has 0 aliphatic carbocycles. The predicted octanol–water partition coefficient (Wildman–Crippen LogP) is 6.52. The molecule has 0 aromatic carbocycles. The molecule has 0 spiro atoms. The minimum absolute atomic E-state index is 1.08. The first-order valence-corrected chi connectivity index (χ1v) is 11.4. The van der Waals surface area contributed by atoms with Crippen molar-refractivity contribution in [1.82, 2.24) is 9.80 Å². The van der Waals surface area contributed by atoms with Gasteiger partial charge in [0.15, 0.2) is 0 Å². The number of fused-ring (bicyclic) bond motifs is 2. The van der Waals surface area contributed by atoms with Crippen LogP contribution in [0.15, 0.2) is 72.2 Å². The summed E-state index contributed by atoms with van der Waals surface area (Å²) in [5.41, 5.74) is 2.97. The van der Waals surface area contributed by atoms with Crippen LogP contribution in [0.2, 0.25) is 0 Å². The van der Waals surface area contributed by atoms with Crippen LogP contribution in [0, 0.1) is 0 Å². The Kier molecular flexibility index (Phi) is 9.26. The SMILES string of the molecule is C1=CC2=CN(C1)CCCC/C=C\CCC1=CN(CC=C1)CCCC/C=C\CC2. The van der Waals surface area contributed by atoms with Crippen molar-refractivity contribution in [3.05, 3.63) is 72.2 Å². The molecule has 0 saturated heterocycles. The fraction of sp³-hybridized carbons (Fsp3) is 0.538. The second-order valence-corrected chi connectivity index (χ2v) is 8.21. The van der Waals surface area contributed by atoms with E-state index in [1.807, 2.05) is 0 Å². The van der Waals surface area contributed by atoms with Crippen molar-refractivity contribution >= 4 is 0 Å². The molecule has 2 nitrogen and oxygen atoms in total. The van der Waals surface area contributed by atoms with Gasteiger partial charge in [0.1, 0.15) is 0 Å². The van der Waals surface area contributed by atoms with Gasteiger partial charge in [-0.25, -0.2) is 0 Å². The van der Waals surface area contributed by atoms with E-state index < -0.39 is 0 Å². The van der Waals surface area contributed by atoms with Gasteiger partial charge in [-0.2, -0.15) is 0 Å². The van der Waals surface area contributed by atoms with E-state index in [4.69, 9.17) is 0 Å². The van der Waals surface area contributed by atoms with Crippen LogP contribution in [0.5, 0.6) is 0 Å². The molecular weight excluding hydrogens is 340 g/mol. The van der Waals surface area contributed by atoms with Crippen LogP contribution in [0.1, 0.15) is 64.2 Å². The quantitative estimate of drug-likeness (QED) is 0.442. The minimum Gasteiger partial charge on any atom is -0.373 e. The summed E-state index contributed by atoms with van der Waals surface area (Å²) in [5, 5.41) is 0. The molecule has 3 rings (SSSR count). The van der Waals surface area contributed by atoms with Crippen LogP contribution in [0.25, 0.3) is 0 Å². The molecule has 0 aromatic heterocycles. The molecule has 0 N–H and O–H groups in total. The first-order chi connectivity index (χ1) is 13.9. The highest BCUT2D eigenvalue weighted by Gasteiger charge is 2.06. The summed E-state index contributed by atoms with van der Waals surface area (Å²) in [6.07, 6.45) is 35.9. The Morgan fingerprint density at radius 1 is 0.500 bits per heavy atom. The van der Waals surface area contributed by atoms with Crippen molar-refractivity contribution < 1.29 is 0 Å². The third-order valence-corrected chi connectivity index (χ3v) is 5.71. The molecular formula is C26H38N2. The highest BCUT2D eigenvalue weighted by molar-refractivity contribution is 5.23. The zero-order valence-corrected chi connectivity index (χ0v) is 17.6. The van der Waals surface area contributed by atoms with Gasteiger partial charge in [0.2, 0.25) is 0 Å². The van der Waals surface area contributed by atoms with Gasteiger partial charge in [-0.15, -0.1) is 0 Å². The lowest BCUT2D eigenvalue weighted by Gasteiger charge is -2.23. The largest absolute Gasteiger partial charge is 0.373 e. The van der Waals surface area contributed by atoms with Gasteiger partial charge in [0, 0.05) is 38.6 Å². The molecule has 2 heteroatoms. The van der Waals surface area contributed by atoms with Crippen molar-refractivity contribution in [3.8, 4) is 0 Å². The van der Waals surface area contributed by atoms with Crippen molar-refractivity contribution in [2.24, 2.45) is 0 Å². The van der Waals surface area contributed by atoms with E-state index in [0.717, 1.165) is 25.9 Å². The van der Waals surface area contributed by atoms with Crippen LogP contribution in [0.3, 0.4) is 0 Å². The fourth-order valence-electron chi connectivity index (χ4n) is 4.07. The smallest absolute Gasteiger partial charge is 0.0357 e. The standard InChI is InChI=1S/C26H38N2/c1-3-7-11-19-27-21-14-18-26(24-27)16-10-6-2-4-8-12-20-28-22-13-17-25(23-28)15-9-5-1/h1-2,5-6,13-14,17-18,23-24H,3-4,7-12,15-16,19-22H2/b5-1-,6-2-. The Morgan fingerprint density at radius 3 is 1.46 bits per heavy atom. The summed E-state index contributed by atoms with van der Waals surface area (Å²) in [6, 6.07) is 0. The van der Waals surface area contributed by atoms with E-state index in [1.165, 1.54) is 75.6 Å². The van der Waals surface area contributed by atoms with E-state index >= 15 is 0 Å². The summed E-state index contributed by atoms with van der Waals surface area (Å²) in [6.45, 7) is 4.53. The lowest BCUT2D eigenvalue weighted by atomic mass is 10.1. The summed E-state index contributed by atoms with van der Waals surface area (Å²) in [4.78, 5) is 4.98. The van der Waals surface area contributed by atoms with Gasteiger partial charge in [-0.1, -0.05) is 48.6 Å². The summed E-state index contributed by atoms with van der Waals surface area (Å²) in [5.74, 6) is 0. The number of hydrogen-bond acceptors (Lipinski definition) is 2. The molecule has 0 amide bonds. The normalized spacial score (nSPS) is 25.1. The van der Waals surface area contributed by atoms with E-state index in [2.05, 4.69) is 70.8 Å². The predicted molar refractivity (Wildman–Crippen MR) is 122 cm³/mol. The van der Waals surface area contributed by atoms with Crippen molar-refractivity contribution in [3.63, 3.8) is 0 Å². The average Bonchev–Trinajstić information content (AvgIpc) is 2.72. The summed E-state index contributed by atoms with van der Waals surface area (Å²) in [7, 11) is 0. The Balaban J connectivity index is 1.50. The molecule has 0 radical (unpaired) electrons. The van der Waals surface area contributed by atoms with Crippen molar-refractivity contribution in [2.75, 3.05) is 26.2 Å². The van der Waals surface area contributed by atoms with Gasteiger partial charge in [0.25, 0.3) is 0 Å². The number of nitrogens with zero attached hydrogens (tertiary/aromatic N) is 2. The maximum Gasteiger partial charge on any atom is 0.0357 e. The van der Waals surface area contributed by atoms with Gasteiger partial charge >= 0.3 is 0 Å². The Labute approximate surface area is 172 Å². The van der Waals surface area contributed by atoms with Crippen molar-refractivity contribution in [2.45, 2.75) is 64.2 Å². The zero-order valence-electron chi connectivity index (χ0n) is 17.6. The third kappa shape index (κ3) is 7.96. The van der Waals surface area contributed by atoms with Crippen LogP contribution in [-0.4, -0.2) is 36.0 Å². The Bertz CT molecular complexity index is 577. The number of rotatable bonds is 0. The van der Waals surface area contributed by atoms with Gasteiger partial charge in [-0.3, -0.25) is 0 Å². The first-order valence-electron chi connectivity index (χ1n) is 11.4. The van der Waals surface area contributed by atoms with E-state index in [1.54, 1.807) is 0 Å². The monoisotopic (exact) mass is 378 g/mol. The van der Waals surface area contributed by atoms with Gasteiger partial charge in [0.05, 0.1) is 0 Å². The van der Waals surface area contributed by atoms with Gasteiger partial charge in [-0.05, 0) is 75.4 Å². The zero-order chi connectivity index (χ0) is 19.3. The lowest BCUT2D eigenvalue weighted by molar-refractivity contribution is 0.393. The molecule has 0 unspecified atom stereocenters. The number of allylic oxidation sites excluding steroid dienone is 8. The molecule has 3 heterocycles. The Morgan fingerprint density at radius 2 is 0.964 bits per heavy atom. The Hall–Kier alpha value is -1.96. The number of hydrogen-bond donors (Lipinski definition) is 0. The molecule has 4 bridgehead atoms. The maximum atomic E-state index is 2.49. The summed E-state index contributed by atoms with van der Waals surface area (Å²) < 4.78 is 0. The van der Waals surface area contributed by atoms with E-state index in [0.29, 0.717) is 0 Å². The molecule has 0 aromatic rings. The second-order valence-electron chi connectivity index (χ2n) is 8.21. The fourth-order valence-corrected chi connectivity index (χ4v) is 4.07. The van der Waals surface area contributed by atoms with E-state index in [-0.39, 0.29) is 0 Å².